The Labute approximate surface area is 170 Å². The summed E-state index contributed by atoms with van der Waals surface area (Å²) in [5.41, 5.74) is 1.66. The molecule has 158 valence electrons. The van der Waals surface area contributed by atoms with Crippen LogP contribution in [0.1, 0.15) is 11.1 Å². The molecule has 2 aromatic rings. The zero-order chi connectivity index (χ0) is 21.4. The highest BCUT2D eigenvalue weighted by atomic mass is 32.2. The number of sulfone groups is 1. The van der Waals surface area contributed by atoms with Crippen molar-refractivity contribution in [3.05, 3.63) is 59.7 Å². The molecule has 1 aliphatic heterocycles. The molecular formula is C18H20O8S3. The Balaban J connectivity index is 1.85. The molecule has 1 aliphatic rings. The summed E-state index contributed by atoms with van der Waals surface area (Å²) >= 11 is 0. The van der Waals surface area contributed by atoms with Gasteiger partial charge in [-0.3, -0.25) is 8.37 Å². The second kappa shape index (κ2) is 7.80. The van der Waals surface area contributed by atoms with Crippen LogP contribution in [0.2, 0.25) is 0 Å². The molecule has 1 heterocycles. The standard InChI is InChI=1S/C18H20O8S3/c1-13-3-7-15(8-4-13)28(21,22)25-17-11-27(19,20)12-18(17)26-29(23,24)16-9-5-14(2)6-10-16/h3-10,17-18H,11-12H2,1-2H3/t17-,18-/m1/s1. The van der Waals surface area contributed by atoms with Gasteiger partial charge in [-0.25, -0.2) is 8.42 Å². The van der Waals surface area contributed by atoms with Crippen molar-refractivity contribution in [3.8, 4) is 0 Å². The predicted molar refractivity (Wildman–Crippen MR) is 105 cm³/mol. The molecule has 0 unspecified atom stereocenters. The summed E-state index contributed by atoms with van der Waals surface area (Å²) in [6.07, 6.45) is -2.96. The summed E-state index contributed by atoms with van der Waals surface area (Å²) in [4.78, 5) is -0.319. The SMILES string of the molecule is Cc1ccc(S(=O)(=O)O[C@@H]2CS(=O)(=O)C[C@H]2OS(=O)(=O)c2ccc(C)cc2)cc1. The third-order valence-corrected chi connectivity index (χ3v) is 8.74. The monoisotopic (exact) mass is 460 g/mol. The van der Waals surface area contributed by atoms with Gasteiger partial charge in [-0.1, -0.05) is 35.4 Å². The summed E-state index contributed by atoms with van der Waals surface area (Å²) < 4.78 is 84.3. The van der Waals surface area contributed by atoms with E-state index in [-0.39, 0.29) is 9.79 Å². The molecule has 0 saturated carbocycles. The van der Waals surface area contributed by atoms with E-state index in [1.807, 2.05) is 0 Å². The number of hydrogen-bond acceptors (Lipinski definition) is 8. The van der Waals surface area contributed by atoms with Crippen LogP contribution in [-0.4, -0.2) is 49.0 Å². The predicted octanol–water partition coefficient (Wildman–Crippen LogP) is 1.58. The first-order valence-electron chi connectivity index (χ1n) is 8.58. The molecule has 8 nitrogen and oxygen atoms in total. The Morgan fingerprint density at radius 1 is 0.690 bits per heavy atom. The van der Waals surface area contributed by atoms with E-state index in [1.165, 1.54) is 24.3 Å². The van der Waals surface area contributed by atoms with E-state index in [9.17, 15) is 25.3 Å². The molecule has 0 aliphatic carbocycles. The van der Waals surface area contributed by atoms with E-state index in [2.05, 4.69) is 0 Å². The second-order valence-corrected chi connectivity index (χ2v) is 12.2. The van der Waals surface area contributed by atoms with Gasteiger partial charge in [0.2, 0.25) is 0 Å². The van der Waals surface area contributed by atoms with Gasteiger partial charge >= 0.3 is 0 Å². The van der Waals surface area contributed by atoms with Crippen LogP contribution in [-0.2, 0) is 38.4 Å². The van der Waals surface area contributed by atoms with Crippen molar-refractivity contribution in [2.24, 2.45) is 0 Å². The fourth-order valence-electron chi connectivity index (χ4n) is 2.81. The Kier molecular flexibility index (Phi) is 5.89. The molecule has 3 rings (SSSR count). The largest absolute Gasteiger partial charge is 0.297 e. The second-order valence-electron chi connectivity index (χ2n) is 6.88. The molecule has 2 atom stereocenters. The maximum atomic E-state index is 12.5. The minimum Gasteiger partial charge on any atom is -0.259 e. The van der Waals surface area contributed by atoms with Gasteiger partial charge < -0.3 is 0 Å². The van der Waals surface area contributed by atoms with Gasteiger partial charge in [-0.05, 0) is 38.1 Å². The van der Waals surface area contributed by atoms with E-state index < -0.39 is 53.8 Å². The van der Waals surface area contributed by atoms with Crippen molar-refractivity contribution in [1.29, 1.82) is 0 Å². The van der Waals surface area contributed by atoms with E-state index >= 15 is 0 Å². The highest BCUT2D eigenvalue weighted by Crippen LogP contribution is 2.27. The maximum Gasteiger partial charge on any atom is 0.297 e. The fraction of sp³-hybridized carbons (Fsp3) is 0.333. The summed E-state index contributed by atoms with van der Waals surface area (Å²) in [5.74, 6) is -1.32. The fourth-order valence-corrected chi connectivity index (χ4v) is 6.88. The van der Waals surface area contributed by atoms with Crippen LogP contribution in [0.4, 0.5) is 0 Å². The normalized spacial score (nSPS) is 21.9. The van der Waals surface area contributed by atoms with Gasteiger partial charge in [0.25, 0.3) is 20.2 Å². The van der Waals surface area contributed by atoms with Crippen LogP contribution < -0.4 is 0 Å². The van der Waals surface area contributed by atoms with Gasteiger partial charge in [-0.15, -0.1) is 0 Å². The maximum absolute atomic E-state index is 12.5. The highest BCUT2D eigenvalue weighted by Gasteiger charge is 2.44. The number of rotatable bonds is 6. The molecule has 0 N–H and O–H groups in total. The Morgan fingerprint density at radius 2 is 1.00 bits per heavy atom. The Hall–Kier alpha value is -1.79. The minimum absolute atomic E-state index is 0.160. The van der Waals surface area contributed by atoms with Gasteiger partial charge in [0.1, 0.15) is 12.2 Å². The summed E-state index contributed by atoms with van der Waals surface area (Å²) in [7, 11) is -12.4. The van der Waals surface area contributed by atoms with Crippen LogP contribution in [0.5, 0.6) is 0 Å². The van der Waals surface area contributed by atoms with Crippen LogP contribution in [0.3, 0.4) is 0 Å². The molecule has 0 radical (unpaired) electrons. The first-order valence-corrected chi connectivity index (χ1v) is 13.2. The molecular weight excluding hydrogens is 440 g/mol. The topological polar surface area (TPSA) is 121 Å². The zero-order valence-electron chi connectivity index (χ0n) is 15.7. The van der Waals surface area contributed by atoms with Crippen LogP contribution >= 0.6 is 0 Å². The van der Waals surface area contributed by atoms with Crippen LogP contribution in [0, 0.1) is 13.8 Å². The van der Waals surface area contributed by atoms with Crippen LogP contribution in [0.25, 0.3) is 0 Å². The summed E-state index contributed by atoms with van der Waals surface area (Å²) in [6.45, 7) is 3.56. The quantitative estimate of drug-likeness (QED) is 0.596. The van der Waals surface area contributed by atoms with E-state index in [4.69, 9.17) is 8.37 Å². The smallest absolute Gasteiger partial charge is 0.259 e. The minimum atomic E-state index is -4.31. The molecule has 29 heavy (non-hydrogen) atoms. The lowest BCUT2D eigenvalue weighted by atomic mass is 10.2. The number of aryl methyl sites for hydroxylation is 2. The van der Waals surface area contributed by atoms with Gasteiger partial charge in [0.15, 0.2) is 9.84 Å². The van der Waals surface area contributed by atoms with Gasteiger partial charge in [0.05, 0.1) is 21.3 Å². The first kappa shape index (κ1) is 21.9. The molecule has 2 aromatic carbocycles. The average molecular weight is 461 g/mol. The van der Waals surface area contributed by atoms with Crippen molar-refractivity contribution < 1.29 is 33.6 Å². The van der Waals surface area contributed by atoms with E-state index in [0.29, 0.717) is 0 Å². The lowest BCUT2D eigenvalue weighted by Gasteiger charge is -2.18. The van der Waals surface area contributed by atoms with Crippen molar-refractivity contribution in [3.63, 3.8) is 0 Å². The van der Waals surface area contributed by atoms with Crippen LogP contribution in [0.15, 0.2) is 58.3 Å². The zero-order valence-corrected chi connectivity index (χ0v) is 18.1. The molecule has 11 heteroatoms. The van der Waals surface area contributed by atoms with Gasteiger partial charge in [0, 0.05) is 0 Å². The van der Waals surface area contributed by atoms with Crippen molar-refractivity contribution in [2.75, 3.05) is 11.5 Å². The third-order valence-electron chi connectivity index (χ3n) is 4.37. The Morgan fingerprint density at radius 3 is 1.31 bits per heavy atom. The van der Waals surface area contributed by atoms with E-state index in [1.54, 1.807) is 38.1 Å². The first-order chi connectivity index (χ1) is 13.4. The lowest BCUT2D eigenvalue weighted by molar-refractivity contribution is 0.101. The molecule has 0 amide bonds. The molecule has 1 saturated heterocycles. The summed E-state index contributed by atoms with van der Waals surface area (Å²) in [6, 6.07) is 11.6. The van der Waals surface area contributed by atoms with Gasteiger partial charge in [-0.2, -0.15) is 16.8 Å². The molecule has 0 bridgehead atoms. The third kappa shape index (κ3) is 5.23. The average Bonchev–Trinajstić information content (AvgIpc) is 2.87. The number of hydrogen-bond donors (Lipinski definition) is 0. The molecule has 1 fully saturated rings. The molecule has 0 spiro atoms. The van der Waals surface area contributed by atoms with Crippen molar-refractivity contribution >= 4 is 30.1 Å². The Bertz CT molecular complexity index is 1110. The number of benzene rings is 2. The van der Waals surface area contributed by atoms with Crippen molar-refractivity contribution in [2.45, 2.75) is 35.8 Å². The lowest BCUT2D eigenvalue weighted by Crippen LogP contribution is -2.34. The summed E-state index contributed by atoms with van der Waals surface area (Å²) in [5, 5.41) is 0. The van der Waals surface area contributed by atoms with E-state index in [0.717, 1.165) is 11.1 Å². The highest BCUT2D eigenvalue weighted by molar-refractivity contribution is 7.92. The van der Waals surface area contributed by atoms with Crippen molar-refractivity contribution in [1.82, 2.24) is 0 Å². The molecule has 0 aromatic heterocycles.